The van der Waals surface area contributed by atoms with E-state index in [1.807, 2.05) is 25.3 Å². The van der Waals surface area contributed by atoms with Gasteiger partial charge in [-0.05, 0) is 42.2 Å². The molecule has 1 nitrogen and oxygen atoms in total. The second-order valence-corrected chi connectivity index (χ2v) is 4.48. The fraction of sp³-hybridized carbons (Fsp3) is 0.286. The quantitative estimate of drug-likeness (QED) is 0.774. The highest BCUT2D eigenvalue weighted by Gasteiger charge is 2.10. The van der Waals surface area contributed by atoms with Crippen LogP contribution in [0.5, 0.6) is 0 Å². The Morgan fingerprint density at radius 2 is 1.94 bits per heavy atom. The van der Waals surface area contributed by atoms with Crippen molar-refractivity contribution in [2.24, 2.45) is 0 Å². The first-order valence-corrected chi connectivity index (χ1v) is 5.53. The smallest absolute Gasteiger partial charge is 0.123 e. The summed E-state index contributed by atoms with van der Waals surface area (Å²) in [6.07, 6.45) is 1.93. The van der Waals surface area contributed by atoms with Crippen LogP contribution in [0.1, 0.15) is 30.9 Å². The van der Waals surface area contributed by atoms with E-state index in [0.29, 0.717) is 5.92 Å². The van der Waals surface area contributed by atoms with E-state index in [2.05, 4.69) is 18.8 Å². The molecule has 0 atom stereocenters. The maximum Gasteiger partial charge on any atom is 0.123 e. The maximum absolute atomic E-state index is 13.3. The Balaban J connectivity index is 2.57. The molecule has 0 aliphatic carbocycles. The van der Waals surface area contributed by atoms with Crippen molar-refractivity contribution in [1.82, 2.24) is 4.98 Å². The molecule has 0 aliphatic rings. The van der Waals surface area contributed by atoms with Crippen LogP contribution in [-0.4, -0.2) is 4.98 Å². The summed E-state index contributed by atoms with van der Waals surface area (Å²) in [5, 5.41) is 0. The van der Waals surface area contributed by atoms with Crippen LogP contribution in [0.15, 0.2) is 30.5 Å². The molecule has 2 heteroatoms. The van der Waals surface area contributed by atoms with Gasteiger partial charge in [0.15, 0.2) is 0 Å². The van der Waals surface area contributed by atoms with Gasteiger partial charge >= 0.3 is 0 Å². The summed E-state index contributed by atoms with van der Waals surface area (Å²) < 4.78 is 13.3. The number of benzene rings is 1. The Kier molecular flexibility index (Phi) is 2.82. The van der Waals surface area contributed by atoms with Crippen molar-refractivity contribution in [3.63, 3.8) is 0 Å². The van der Waals surface area contributed by atoms with Crippen molar-refractivity contribution >= 4 is 0 Å². The third-order valence-corrected chi connectivity index (χ3v) is 2.75. The zero-order valence-electron chi connectivity index (χ0n) is 9.84. The molecule has 1 aromatic carbocycles. The van der Waals surface area contributed by atoms with Crippen LogP contribution in [-0.2, 0) is 0 Å². The lowest BCUT2D eigenvalue weighted by Gasteiger charge is -2.11. The van der Waals surface area contributed by atoms with E-state index < -0.39 is 0 Å². The van der Waals surface area contributed by atoms with Crippen molar-refractivity contribution in [3.05, 3.63) is 47.4 Å². The number of aromatic nitrogens is 1. The Morgan fingerprint density at radius 3 is 2.50 bits per heavy atom. The van der Waals surface area contributed by atoms with Crippen molar-refractivity contribution in [2.45, 2.75) is 26.7 Å². The molecule has 84 valence electrons. The largest absolute Gasteiger partial charge is 0.361 e. The van der Waals surface area contributed by atoms with Crippen LogP contribution < -0.4 is 0 Å². The van der Waals surface area contributed by atoms with E-state index in [9.17, 15) is 4.39 Å². The molecule has 0 fully saturated rings. The fourth-order valence-corrected chi connectivity index (χ4v) is 1.92. The van der Waals surface area contributed by atoms with Gasteiger partial charge in [-0.15, -0.1) is 0 Å². The average molecular weight is 217 g/mol. The summed E-state index contributed by atoms with van der Waals surface area (Å²) in [5.74, 6) is 0.200. The number of hydrogen-bond donors (Lipinski definition) is 1. The fourth-order valence-electron chi connectivity index (χ4n) is 1.92. The molecule has 16 heavy (non-hydrogen) atoms. The number of aromatic amines is 1. The van der Waals surface area contributed by atoms with Crippen LogP contribution in [0.4, 0.5) is 4.39 Å². The maximum atomic E-state index is 13.3. The summed E-state index contributed by atoms with van der Waals surface area (Å²) in [6.45, 7) is 6.26. The van der Waals surface area contributed by atoms with Gasteiger partial charge in [-0.25, -0.2) is 4.39 Å². The normalized spacial score (nSPS) is 11.1. The second kappa shape index (κ2) is 4.12. The standard InChI is InChI=1S/C14H16FN/c1-9(2)12-5-4-11(15)7-13(12)14-6-10(3)8-16-14/h4-9,16H,1-3H3. The van der Waals surface area contributed by atoms with E-state index in [0.717, 1.165) is 16.8 Å². The van der Waals surface area contributed by atoms with E-state index in [4.69, 9.17) is 0 Å². The number of aryl methyl sites for hydroxylation is 1. The Hall–Kier alpha value is -1.57. The third-order valence-electron chi connectivity index (χ3n) is 2.75. The summed E-state index contributed by atoms with van der Waals surface area (Å²) in [7, 11) is 0. The minimum atomic E-state index is -0.188. The molecular formula is C14H16FN. The predicted molar refractivity (Wildman–Crippen MR) is 65.0 cm³/mol. The lowest BCUT2D eigenvalue weighted by molar-refractivity contribution is 0.627. The molecule has 1 N–H and O–H groups in total. The first kappa shape index (κ1) is 10.9. The van der Waals surface area contributed by atoms with E-state index in [-0.39, 0.29) is 5.82 Å². The summed E-state index contributed by atoms with van der Waals surface area (Å²) in [6, 6.07) is 7.03. The zero-order chi connectivity index (χ0) is 11.7. The van der Waals surface area contributed by atoms with Gasteiger partial charge in [0.05, 0.1) is 0 Å². The molecule has 0 radical (unpaired) electrons. The van der Waals surface area contributed by atoms with Gasteiger partial charge < -0.3 is 4.98 Å². The molecule has 0 bridgehead atoms. The summed E-state index contributed by atoms with van der Waals surface area (Å²) in [5.41, 5.74) is 4.28. The summed E-state index contributed by atoms with van der Waals surface area (Å²) >= 11 is 0. The van der Waals surface area contributed by atoms with Gasteiger partial charge in [0.1, 0.15) is 5.82 Å². The SMILES string of the molecule is Cc1c[nH]c(-c2cc(F)ccc2C(C)C)c1. The molecule has 1 aromatic heterocycles. The minimum absolute atomic E-state index is 0.188. The van der Waals surface area contributed by atoms with Crippen molar-refractivity contribution in [1.29, 1.82) is 0 Å². The highest BCUT2D eigenvalue weighted by Crippen LogP contribution is 2.29. The van der Waals surface area contributed by atoms with Crippen molar-refractivity contribution in [3.8, 4) is 11.3 Å². The van der Waals surface area contributed by atoms with E-state index in [1.54, 1.807) is 6.07 Å². The molecule has 2 rings (SSSR count). The zero-order valence-corrected chi connectivity index (χ0v) is 9.84. The first-order valence-electron chi connectivity index (χ1n) is 5.53. The van der Waals surface area contributed by atoms with Gasteiger partial charge in [0.25, 0.3) is 0 Å². The van der Waals surface area contributed by atoms with Crippen molar-refractivity contribution in [2.75, 3.05) is 0 Å². The molecule has 0 aliphatic heterocycles. The van der Waals surface area contributed by atoms with Crippen LogP contribution >= 0.6 is 0 Å². The number of rotatable bonds is 2. The van der Waals surface area contributed by atoms with Crippen molar-refractivity contribution < 1.29 is 4.39 Å². The lowest BCUT2D eigenvalue weighted by Crippen LogP contribution is -1.93. The topological polar surface area (TPSA) is 15.8 Å². The lowest BCUT2D eigenvalue weighted by atomic mass is 9.95. The first-order chi connectivity index (χ1) is 7.58. The molecule has 0 amide bonds. The minimum Gasteiger partial charge on any atom is -0.361 e. The number of hydrogen-bond acceptors (Lipinski definition) is 0. The number of halogens is 1. The second-order valence-electron chi connectivity index (χ2n) is 4.48. The molecule has 0 unspecified atom stereocenters. The Labute approximate surface area is 95.3 Å². The van der Waals surface area contributed by atoms with Crippen LogP contribution in [0, 0.1) is 12.7 Å². The molecule has 2 aromatic rings. The van der Waals surface area contributed by atoms with Gasteiger partial charge in [0, 0.05) is 17.5 Å². The van der Waals surface area contributed by atoms with Crippen LogP contribution in [0.25, 0.3) is 11.3 Å². The summed E-state index contributed by atoms with van der Waals surface area (Å²) in [4.78, 5) is 3.18. The Morgan fingerprint density at radius 1 is 1.19 bits per heavy atom. The Bertz CT molecular complexity index is 497. The van der Waals surface area contributed by atoms with Crippen LogP contribution in [0.3, 0.4) is 0 Å². The van der Waals surface area contributed by atoms with Crippen LogP contribution in [0.2, 0.25) is 0 Å². The molecule has 0 saturated heterocycles. The van der Waals surface area contributed by atoms with E-state index in [1.165, 1.54) is 11.6 Å². The highest BCUT2D eigenvalue weighted by molar-refractivity contribution is 5.65. The molecular weight excluding hydrogens is 201 g/mol. The number of H-pyrrole nitrogens is 1. The predicted octanol–water partition coefficient (Wildman–Crippen LogP) is 4.25. The molecule has 0 spiro atoms. The molecule has 1 heterocycles. The van der Waals surface area contributed by atoms with E-state index >= 15 is 0 Å². The third kappa shape index (κ3) is 2.01. The monoisotopic (exact) mass is 217 g/mol. The molecule has 0 saturated carbocycles. The van der Waals surface area contributed by atoms with Gasteiger partial charge in [-0.2, -0.15) is 0 Å². The van der Waals surface area contributed by atoms with Gasteiger partial charge in [0.2, 0.25) is 0 Å². The van der Waals surface area contributed by atoms with Gasteiger partial charge in [-0.3, -0.25) is 0 Å². The highest BCUT2D eigenvalue weighted by atomic mass is 19.1. The number of nitrogens with one attached hydrogen (secondary N) is 1. The van der Waals surface area contributed by atoms with Gasteiger partial charge in [-0.1, -0.05) is 19.9 Å². The average Bonchev–Trinajstić information content (AvgIpc) is 2.64.